The Bertz CT molecular complexity index is 1610. The first kappa shape index (κ1) is 23.1. The van der Waals surface area contributed by atoms with Crippen LogP contribution in [0.3, 0.4) is 0 Å². The van der Waals surface area contributed by atoms with E-state index < -0.39 is 0 Å². The van der Waals surface area contributed by atoms with E-state index in [1.165, 1.54) is 5.56 Å². The Morgan fingerprint density at radius 2 is 1.56 bits per heavy atom. The Kier molecular flexibility index (Phi) is 6.38. The Morgan fingerprint density at radius 1 is 0.889 bits per heavy atom. The lowest BCUT2D eigenvalue weighted by atomic mass is 9.95. The van der Waals surface area contributed by atoms with Gasteiger partial charge in [0.1, 0.15) is 11.6 Å². The maximum Gasteiger partial charge on any atom is 0.269 e. The molecule has 176 valence electrons. The van der Waals surface area contributed by atoms with Crippen LogP contribution in [0.25, 0.3) is 22.0 Å². The van der Waals surface area contributed by atoms with Crippen molar-refractivity contribution in [2.75, 3.05) is 5.32 Å². The van der Waals surface area contributed by atoms with Gasteiger partial charge in [0.15, 0.2) is 0 Å². The normalized spacial score (nSPS) is 11.7. The fourth-order valence-electron chi connectivity index (χ4n) is 4.66. The third kappa shape index (κ3) is 4.52. The van der Waals surface area contributed by atoms with Gasteiger partial charge in [-0.1, -0.05) is 96.6 Å². The number of aromatic nitrogens is 1. The third-order valence-corrected chi connectivity index (χ3v) is 6.59. The molecule has 0 radical (unpaired) electrons. The zero-order valence-corrected chi connectivity index (χ0v) is 20.4. The lowest BCUT2D eigenvalue weighted by molar-refractivity contribution is 0.792. The molecule has 0 aliphatic carbocycles. The quantitative estimate of drug-likeness (QED) is 0.289. The zero-order chi connectivity index (χ0) is 25.1. The number of hydrogen-bond acceptors (Lipinski definition) is 3. The van der Waals surface area contributed by atoms with E-state index in [9.17, 15) is 10.1 Å². The van der Waals surface area contributed by atoms with Crippen molar-refractivity contribution in [1.29, 1.82) is 5.26 Å². The Labute approximate surface area is 211 Å². The molecule has 1 aromatic heterocycles. The van der Waals surface area contributed by atoms with Gasteiger partial charge in [-0.2, -0.15) is 5.26 Å². The molecule has 1 N–H and O–H groups in total. The number of nitrogens with zero attached hydrogens (tertiary/aromatic N) is 2. The Morgan fingerprint density at radius 3 is 2.22 bits per heavy atom. The van der Waals surface area contributed by atoms with Crippen LogP contribution in [-0.4, -0.2) is 4.57 Å². The average Bonchev–Trinajstić information content (AvgIpc) is 2.91. The fourth-order valence-corrected chi connectivity index (χ4v) is 4.66. The highest BCUT2D eigenvalue weighted by Gasteiger charge is 2.19. The topological polar surface area (TPSA) is 57.8 Å². The molecular weight excluding hydrogens is 442 g/mol. The summed E-state index contributed by atoms with van der Waals surface area (Å²) in [7, 11) is 0. The number of anilines is 1. The van der Waals surface area contributed by atoms with Crippen molar-refractivity contribution in [2.24, 2.45) is 0 Å². The van der Waals surface area contributed by atoms with E-state index in [0.29, 0.717) is 12.1 Å². The van der Waals surface area contributed by atoms with Gasteiger partial charge < -0.3 is 9.88 Å². The average molecular weight is 470 g/mol. The fraction of sp³-hybridized carbons (Fsp3) is 0.125. The van der Waals surface area contributed by atoms with E-state index in [0.717, 1.165) is 33.3 Å². The lowest BCUT2D eigenvalue weighted by Gasteiger charge is -2.19. The number of pyridine rings is 1. The zero-order valence-electron chi connectivity index (χ0n) is 20.4. The number of rotatable bonds is 6. The van der Waals surface area contributed by atoms with E-state index >= 15 is 0 Å². The molecule has 5 rings (SSSR count). The molecule has 1 heterocycles. The van der Waals surface area contributed by atoms with E-state index in [2.05, 4.69) is 30.4 Å². The summed E-state index contributed by atoms with van der Waals surface area (Å²) in [6.45, 7) is 4.53. The maximum atomic E-state index is 13.8. The van der Waals surface area contributed by atoms with Crippen LogP contribution in [0.1, 0.15) is 35.2 Å². The first-order valence-electron chi connectivity index (χ1n) is 12.1. The first-order chi connectivity index (χ1) is 17.5. The van der Waals surface area contributed by atoms with Crippen LogP contribution in [-0.2, 0) is 6.54 Å². The highest BCUT2D eigenvalue weighted by atomic mass is 16.1. The summed E-state index contributed by atoms with van der Waals surface area (Å²) in [5, 5.41) is 14.5. The molecule has 36 heavy (non-hydrogen) atoms. The van der Waals surface area contributed by atoms with Gasteiger partial charge in [0.2, 0.25) is 0 Å². The van der Waals surface area contributed by atoms with Crippen molar-refractivity contribution in [3.05, 3.63) is 136 Å². The van der Waals surface area contributed by atoms with Crippen LogP contribution in [0.2, 0.25) is 0 Å². The minimum absolute atomic E-state index is 0.0906. The van der Waals surface area contributed by atoms with Gasteiger partial charge in [0, 0.05) is 22.7 Å². The highest BCUT2D eigenvalue weighted by molar-refractivity contribution is 5.99. The summed E-state index contributed by atoms with van der Waals surface area (Å²) in [5.41, 5.74) is 6.46. The molecule has 0 bridgehead atoms. The lowest BCUT2D eigenvalue weighted by Crippen LogP contribution is -2.25. The van der Waals surface area contributed by atoms with Crippen LogP contribution >= 0.6 is 0 Å². The van der Waals surface area contributed by atoms with E-state index in [4.69, 9.17) is 0 Å². The van der Waals surface area contributed by atoms with Gasteiger partial charge in [-0.25, -0.2) is 0 Å². The molecule has 4 heteroatoms. The summed E-state index contributed by atoms with van der Waals surface area (Å²) in [4.78, 5) is 13.8. The number of benzene rings is 4. The predicted molar refractivity (Wildman–Crippen MR) is 147 cm³/mol. The molecule has 0 spiro atoms. The van der Waals surface area contributed by atoms with E-state index in [-0.39, 0.29) is 17.2 Å². The van der Waals surface area contributed by atoms with Crippen LogP contribution < -0.4 is 10.9 Å². The van der Waals surface area contributed by atoms with Crippen molar-refractivity contribution in [2.45, 2.75) is 26.4 Å². The van der Waals surface area contributed by atoms with Crippen molar-refractivity contribution in [1.82, 2.24) is 4.57 Å². The second-order valence-corrected chi connectivity index (χ2v) is 9.11. The Hall–Kier alpha value is -4.62. The van der Waals surface area contributed by atoms with Crippen LogP contribution in [0.4, 0.5) is 5.69 Å². The summed E-state index contributed by atoms with van der Waals surface area (Å²) >= 11 is 0. The maximum absolute atomic E-state index is 13.8. The molecule has 0 amide bonds. The van der Waals surface area contributed by atoms with E-state index in [1.807, 2.05) is 97.9 Å². The summed E-state index contributed by atoms with van der Waals surface area (Å²) in [5.74, 6) is 0. The molecule has 4 aromatic carbocycles. The molecule has 1 atom stereocenters. The monoisotopic (exact) mass is 469 g/mol. The number of aryl methyl sites for hydroxylation is 1. The molecule has 0 aliphatic rings. The van der Waals surface area contributed by atoms with Gasteiger partial charge in [0.25, 0.3) is 5.56 Å². The van der Waals surface area contributed by atoms with Gasteiger partial charge >= 0.3 is 0 Å². The second-order valence-electron chi connectivity index (χ2n) is 9.11. The minimum Gasteiger partial charge on any atom is -0.378 e. The highest BCUT2D eigenvalue weighted by Crippen LogP contribution is 2.33. The summed E-state index contributed by atoms with van der Waals surface area (Å²) in [6, 6.07) is 36.5. The smallest absolute Gasteiger partial charge is 0.269 e. The van der Waals surface area contributed by atoms with Crippen molar-refractivity contribution in [3.8, 4) is 17.2 Å². The van der Waals surface area contributed by atoms with Gasteiger partial charge in [-0.3, -0.25) is 4.79 Å². The summed E-state index contributed by atoms with van der Waals surface area (Å²) in [6.07, 6.45) is 0. The van der Waals surface area contributed by atoms with Crippen molar-refractivity contribution >= 4 is 16.6 Å². The van der Waals surface area contributed by atoms with Crippen molar-refractivity contribution in [3.63, 3.8) is 0 Å². The largest absolute Gasteiger partial charge is 0.378 e. The van der Waals surface area contributed by atoms with Gasteiger partial charge in [-0.15, -0.1) is 0 Å². The van der Waals surface area contributed by atoms with Crippen LogP contribution in [0.5, 0.6) is 0 Å². The van der Waals surface area contributed by atoms with Gasteiger partial charge in [-0.05, 0) is 42.7 Å². The number of hydrogen-bond donors (Lipinski definition) is 1. The third-order valence-electron chi connectivity index (χ3n) is 6.59. The molecule has 0 aliphatic heterocycles. The molecule has 5 aromatic rings. The van der Waals surface area contributed by atoms with Crippen LogP contribution in [0, 0.1) is 18.3 Å². The van der Waals surface area contributed by atoms with Gasteiger partial charge in [0.05, 0.1) is 12.1 Å². The van der Waals surface area contributed by atoms with E-state index in [1.54, 1.807) is 4.57 Å². The molecule has 0 saturated heterocycles. The molecule has 0 fully saturated rings. The number of nitriles is 1. The first-order valence-corrected chi connectivity index (χ1v) is 12.1. The Balaban J connectivity index is 1.72. The molecule has 1 unspecified atom stereocenters. The number of nitrogens with one attached hydrogen (secondary N) is 1. The molecule has 4 nitrogen and oxygen atoms in total. The predicted octanol–water partition coefficient (Wildman–Crippen LogP) is 7.07. The molecule has 0 saturated carbocycles. The SMILES string of the molecule is Cc1ccc(-c2c(C#N)c(=O)n(Cc3ccccc3)c3cc(NC(C)c4ccccc4)ccc23)cc1. The van der Waals surface area contributed by atoms with Crippen LogP contribution in [0.15, 0.2) is 108 Å². The standard InChI is InChI=1S/C32H27N3O/c1-22-13-15-26(16-14-22)31-28-18-17-27(34-23(2)25-11-7-4-8-12-25)19-30(28)35(32(36)29(31)20-33)21-24-9-5-3-6-10-24/h3-19,23,34H,21H2,1-2H3. The van der Waals surface area contributed by atoms with Crippen molar-refractivity contribution < 1.29 is 0 Å². The summed E-state index contributed by atoms with van der Waals surface area (Å²) < 4.78 is 1.72. The molecular formula is C32H27N3O. The number of fused-ring (bicyclic) bond motifs is 1. The second kappa shape index (κ2) is 9.93. The minimum atomic E-state index is -0.280.